The fourth-order valence-electron chi connectivity index (χ4n) is 2.38. The van der Waals surface area contributed by atoms with E-state index in [1.165, 1.54) is 4.90 Å². The number of halogens is 4. The Balaban J connectivity index is 0.00000264. The van der Waals surface area contributed by atoms with Crippen LogP contribution in [0.25, 0.3) is 0 Å². The molecule has 132 valence electrons. The Morgan fingerprint density at radius 1 is 1.52 bits per heavy atom. The van der Waals surface area contributed by atoms with Crippen LogP contribution in [0, 0.1) is 6.92 Å². The van der Waals surface area contributed by atoms with Gasteiger partial charge in [-0.2, -0.15) is 13.2 Å². The van der Waals surface area contributed by atoms with Crippen molar-refractivity contribution in [3.63, 3.8) is 0 Å². The number of thiazole rings is 1. The van der Waals surface area contributed by atoms with Crippen molar-refractivity contribution < 1.29 is 13.2 Å². The number of rotatable bonds is 4. The first-order valence-electron chi connectivity index (χ1n) is 7.03. The smallest absolute Gasteiger partial charge is 0.352 e. The third-order valence-electron chi connectivity index (χ3n) is 3.32. The lowest BCUT2D eigenvalue weighted by atomic mass is 10.3. The normalized spacial score (nSPS) is 19.5. The Hall–Kier alpha value is -0.620. The largest absolute Gasteiger partial charge is 0.401 e. The first kappa shape index (κ1) is 20.4. The maximum absolute atomic E-state index is 12.4. The monoisotopic (exact) mass is 463 g/mol. The summed E-state index contributed by atoms with van der Waals surface area (Å²) in [5, 5.41) is 7.25. The highest BCUT2D eigenvalue weighted by atomic mass is 127. The summed E-state index contributed by atoms with van der Waals surface area (Å²) in [4.78, 5) is 10.9. The van der Waals surface area contributed by atoms with Gasteiger partial charge in [0, 0.05) is 37.3 Å². The Morgan fingerprint density at radius 3 is 2.83 bits per heavy atom. The molecule has 0 saturated carbocycles. The molecule has 1 atom stereocenters. The second-order valence-corrected chi connectivity index (χ2v) is 6.59. The summed E-state index contributed by atoms with van der Waals surface area (Å²) in [6, 6.07) is -0.0217. The number of guanidine groups is 1. The number of alkyl halides is 3. The Bertz CT molecular complexity index is 520. The number of aryl methyl sites for hydroxylation is 1. The van der Waals surface area contributed by atoms with Gasteiger partial charge in [-0.05, 0) is 13.3 Å². The molecule has 0 amide bonds. The number of likely N-dealkylation sites (tertiary alicyclic amines) is 1. The van der Waals surface area contributed by atoms with E-state index < -0.39 is 12.7 Å². The van der Waals surface area contributed by atoms with Crippen LogP contribution in [-0.4, -0.2) is 54.7 Å². The summed E-state index contributed by atoms with van der Waals surface area (Å²) in [6.45, 7) is 2.51. The molecule has 1 saturated heterocycles. The zero-order chi connectivity index (χ0) is 16.2. The molecular weight excluding hydrogens is 442 g/mol. The molecule has 0 aliphatic carbocycles. The number of hydrogen-bond donors (Lipinski definition) is 2. The molecule has 1 aliphatic rings. The van der Waals surface area contributed by atoms with E-state index in [2.05, 4.69) is 20.6 Å². The van der Waals surface area contributed by atoms with Gasteiger partial charge in [0.2, 0.25) is 0 Å². The highest BCUT2D eigenvalue weighted by molar-refractivity contribution is 14.0. The van der Waals surface area contributed by atoms with Crippen LogP contribution >= 0.6 is 35.3 Å². The lowest BCUT2D eigenvalue weighted by Gasteiger charge is -2.19. The molecule has 2 rings (SSSR count). The maximum Gasteiger partial charge on any atom is 0.401 e. The van der Waals surface area contributed by atoms with Gasteiger partial charge < -0.3 is 10.6 Å². The zero-order valence-electron chi connectivity index (χ0n) is 13.0. The second kappa shape index (κ2) is 9.02. The quantitative estimate of drug-likeness (QED) is 0.409. The molecule has 1 aromatic rings. The van der Waals surface area contributed by atoms with Gasteiger partial charge in [0.15, 0.2) is 5.96 Å². The van der Waals surface area contributed by atoms with Crippen molar-refractivity contribution in [2.75, 3.05) is 26.7 Å². The Morgan fingerprint density at radius 2 is 2.26 bits per heavy atom. The zero-order valence-corrected chi connectivity index (χ0v) is 16.1. The number of hydrogen-bond acceptors (Lipinski definition) is 4. The van der Waals surface area contributed by atoms with Crippen molar-refractivity contribution in [2.45, 2.75) is 32.1 Å². The minimum atomic E-state index is -4.14. The van der Waals surface area contributed by atoms with Gasteiger partial charge in [0.05, 0.1) is 13.1 Å². The Labute approximate surface area is 154 Å². The van der Waals surface area contributed by atoms with Gasteiger partial charge in [-0.15, -0.1) is 35.3 Å². The predicted octanol–water partition coefficient (Wildman–Crippen LogP) is 2.37. The van der Waals surface area contributed by atoms with Crippen molar-refractivity contribution in [3.05, 3.63) is 16.1 Å². The minimum absolute atomic E-state index is 0. The van der Waals surface area contributed by atoms with E-state index in [-0.39, 0.29) is 30.0 Å². The van der Waals surface area contributed by atoms with Crippen LogP contribution in [0.4, 0.5) is 13.2 Å². The van der Waals surface area contributed by atoms with Gasteiger partial charge in [0.25, 0.3) is 0 Å². The molecule has 23 heavy (non-hydrogen) atoms. The van der Waals surface area contributed by atoms with E-state index in [0.717, 1.165) is 9.88 Å². The predicted molar refractivity (Wildman–Crippen MR) is 96.5 cm³/mol. The number of nitrogens with one attached hydrogen (secondary N) is 2. The lowest BCUT2D eigenvalue weighted by molar-refractivity contribution is -0.143. The molecule has 5 nitrogen and oxygen atoms in total. The van der Waals surface area contributed by atoms with Crippen LogP contribution in [0.5, 0.6) is 0 Å². The van der Waals surface area contributed by atoms with E-state index in [1.807, 2.05) is 13.1 Å². The van der Waals surface area contributed by atoms with Crippen LogP contribution in [-0.2, 0) is 6.54 Å². The average molecular weight is 463 g/mol. The molecular formula is C13H21F3IN5S. The van der Waals surface area contributed by atoms with E-state index in [0.29, 0.717) is 32.0 Å². The second-order valence-electron chi connectivity index (χ2n) is 5.27. The number of aromatic nitrogens is 1. The fourth-order valence-corrected chi connectivity index (χ4v) is 3.10. The molecule has 0 radical (unpaired) electrons. The summed E-state index contributed by atoms with van der Waals surface area (Å²) in [7, 11) is 1.64. The van der Waals surface area contributed by atoms with E-state index in [4.69, 9.17) is 0 Å². The SMILES string of the molecule is CN=C(NCc1ncc(C)s1)NC1CCN(CC(F)(F)F)C1.I. The molecule has 2 heterocycles. The summed E-state index contributed by atoms with van der Waals surface area (Å²) in [5.74, 6) is 0.590. The topological polar surface area (TPSA) is 52.6 Å². The molecule has 1 aliphatic heterocycles. The average Bonchev–Trinajstić information content (AvgIpc) is 3.02. The molecule has 1 aromatic heterocycles. The first-order chi connectivity index (χ1) is 10.4. The van der Waals surface area contributed by atoms with Crippen LogP contribution in [0.2, 0.25) is 0 Å². The molecule has 10 heteroatoms. The minimum Gasteiger partial charge on any atom is -0.352 e. The van der Waals surface area contributed by atoms with Gasteiger partial charge in [-0.25, -0.2) is 4.98 Å². The highest BCUT2D eigenvalue weighted by Gasteiger charge is 2.34. The molecule has 0 aromatic carbocycles. The van der Waals surface area contributed by atoms with Gasteiger partial charge in [-0.1, -0.05) is 0 Å². The molecule has 1 unspecified atom stereocenters. The third-order valence-corrected chi connectivity index (χ3v) is 4.23. The van der Waals surface area contributed by atoms with Gasteiger partial charge >= 0.3 is 6.18 Å². The van der Waals surface area contributed by atoms with Gasteiger partial charge in [-0.3, -0.25) is 9.89 Å². The third kappa shape index (κ3) is 7.21. The number of nitrogens with zero attached hydrogens (tertiary/aromatic N) is 3. The standard InChI is InChI=1S/C13H20F3N5S.HI/c1-9-5-18-11(22-9)6-19-12(17-2)20-10-3-4-21(7-10)8-13(14,15)16;/h5,10H,3-4,6-8H2,1-2H3,(H2,17,19,20);1H. The van der Waals surface area contributed by atoms with E-state index in [1.54, 1.807) is 18.4 Å². The van der Waals surface area contributed by atoms with Crippen LogP contribution in [0.1, 0.15) is 16.3 Å². The molecule has 2 N–H and O–H groups in total. The Kier molecular flexibility index (Phi) is 8.01. The van der Waals surface area contributed by atoms with Crippen molar-refractivity contribution in [1.82, 2.24) is 20.5 Å². The summed E-state index contributed by atoms with van der Waals surface area (Å²) >= 11 is 1.60. The van der Waals surface area contributed by atoms with E-state index >= 15 is 0 Å². The van der Waals surface area contributed by atoms with Crippen molar-refractivity contribution in [1.29, 1.82) is 0 Å². The molecule has 1 fully saturated rings. The fraction of sp³-hybridized carbons (Fsp3) is 0.692. The molecule has 0 bridgehead atoms. The van der Waals surface area contributed by atoms with Crippen LogP contribution in [0.15, 0.2) is 11.2 Å². The molecule has 0 spiro atoms. The lowest BCUT2D eigenvalue weighted by Crippen LogP contribution is -2.44. The summed E-state index contributed by atoms with van der Waals surface area (Å²) in [5.41, 5.74) is 0. The van der Waals surface area contributed by atoms with Gasteiger partial charge in [0.1, 0.15) is 5.01 Å². The number of aliphatic imine (C=N–C) groups is 1. The maximum atomic E-state index is 12.4. The van der Waals surface area contributed by atoms with Crippen molar-refractivity contribution in [2.24, 2.45) is 4.99 Å². The summed E-state index contributed by atoms with van der Waals surface area (Å²) in [6.07, 6.45) is -1.66. The highest BCUT2D eigenvalue weighted by Crippen LogP contribution is 2.19. The van der Waals surface area contributed by atoms with Crippen molar-refractivity contribution >= 4 is 41.3 Å². The van der Waals surface area contributed by atoms with Crippen molar-refractivity contribution in [3.8, 4) is 0 Å². The van der Waals surface area contributed by atoms with Crippen LogP contribution in [0.3, 0.4) is 0 Å². The summed E-state index contributed by atoms with van der Waals surface area (Å²) < 4.78 is 37.1. The van der Waals surface area contributed by atoms with Crippen LogP contribution < -0.4 is 10.6 Å². The van der Waals surface area contributed by atoms with E-state index in [9.17, 15) is 13.2 Å². The first-order valence-corrected chi connectivity index (χ1v) is 7.85.